The van der Waals surface area contributed by atoms with Crippen molar-refractivity contribution in [3.63, 3.8) is 0 Å². The first-order chi connectivity index (χ1) is 13.3. The Kier molecular flexibility index (Phi) is 5.09. The van der Waals surface area contributed by atoms with Gasteiger partial charge in [-0.3, -0.25) is 9.48 Å². The second-order valence-electron chi connectivity index (χ2n) is 7.92. The number of aryl methyl sites for hydroxylation is 2. The normalized spacial score (nSPS) is 24.7. The van der Waals surface area contributed by atoms with E-state index in [4.69, 9.17) is 0 Å². The highest BCUT2D eigenvalue weighted by atomic mass is 32.2. The van der Waals surface area contributed by atoms with Gasteiger partial charge in [0.1, 0.15) is 4.90 Å². The van der Waals surface area contributed by atoms with E-state index in [0.29, 0.717) is 30.9 Å². The van der Waals surface area contributed by atoms with E-state index in [9.17, 15) is 13.2 Å². The molecule has 1 N–H and O–H groups in total. The SMILES string of the molecule is Cc1nn(C)c(C)c1S(=O)(=O)NC1[C@@H]2CC[C@H]1CN(C(=O)Cc1cccs1)C2. The average Bonchev–Trinajstić information content (AvgIpc) is 3.26. The lowest BCUT2D eigenvalue weighted by Crippen LogP contribution is -2.54. The Labute approximate surface area is 169 Å². The summed E-state index contributed by atoms with van der Waals surface area (Å²) in [7, 11) is -1.89. The van der Waals surface area contributed by atoms with E-state index in [2.05, 4.69) is 9.82 Å². The van der Waals surface area contributed by atoms with Crippen LogP contribution in [0.25, 0.3) is 0 Å². The Morgan fingerprint density at radius 3 is 2.50 bits per heavy atom. The summed E-state index contributed by atoms with van der Waals surface area (Å²) in [6.45, 7) is 4.74. The molecule has 2 aromatic heterocycles. The Balaban J connectivity index is 1.47. The molecule has 2 bridgehead atoms. The summed E-state index contributed by atoms with van der Waals surface area (Å²) < 4.78 is 30.7. The molecule has 7 nitrogen and oxygen atoms in total. The average molecular weight is 423 g/mol. The van der Waals surface area contributed by atoms with Crippen LogP contribution in [0.3, 0.4) is 0 Å². The molecule has 152 valence electrons. The monoisotopic (exact) mass is 422 g/mol. The van der Waals surface area contributed by atoms with Gasteiger partial charge in [-0.2, -0.15) is 5.10 Å². The van der Waals surface area contributed by atoms with Crippen LogP contribution in [0.2, 0.25) is 0 Å². The Morgan fingerprint density at radius 1 is 1.29 bits per heavy atom. The van der Waals surface area contributed by atoms with Crippen molar-refractivity contribution in [3.05, 3.63) is 33.8 Å². The van der Waals surface area contributed by atoms with E-state index in [-0.39, 0.29) is 28.7 Å². The number of carbonyl (C=O) groups is 1. The van der Waals surface area contributed by atoms with Crippen molar-refractivity contribution in [3.8, 4) is 0 Å². The van der Waals surface area contributed by atoms with Crippen LogP contribution in [-0.2, 0) is 28.3 Å². The molecule has 1 saturated carbocycles. The molecule has 1 unspecified atom stereocenters. The van der Waals surface area contributed by atoms with Crippen LogP contribution in [0.5, 0.6) is 0 Å². The molecule has 3 atom stereocenters. The summed E-state index contributed by atoms with van der Waals surface area (Å²) in [5, 5.41) is 6.22. The minimum absolute atomic E-state index is 0.116. The molecule has 1 saturated heterocycles. The summed E-state index contributed by atoms with van der Waals surface area (Å²) in [4.78, 5) is 16.0. The lowest BCUT2D eigenvalue weighted by molar-refractivity contribution is -0.132. The van der Waals surface area contributed by atoms with Crippen LogP contribution in [0.4, 0.5) is 0 Å². The van der Waals surface area contributed by atoms with Crippen LogP contribution in [0.15, 0.2) is 22.4 Å². The first-order valence-electron chi connectivity index (χ1n) is 9.59. The summed E-state index contributed by atoms with van der Waals surface area (Å²) in [6, 6.07) is 3.83. The molecule has 2 fully saturated rings. The van der Waals surface area contributed by atoms with Gasteiger partial charge >= 0.3 is 0 Å². The maximum absolute atomic E-state index is 13.1. The highest BCUT2D eigenvalue weighted by Gasteiger charge is 2.45. The summed E-state index contributed by atoms with van der Waals surface area (Å²) in [5.74, 6) is 0.468. The van der Waals surface area contributed by atoms with Gasteiger partial charge in [-0.05, 0) is 50.0 Å². The number of nitrogens with zero attached hydrogens (tertiary/aromatic N) is 3. The van der Waals surface area contributed by atoms with Crippen LogP contribution in [-0.4, -0.2) is 48.1 Å². The Morgan fingerprint density at radius 2 is 1.96 bits per heavy atom. The fourth-order valence-electron chi connectivity index (χ4n) is 4.67. The van der Waals surface area contributed by atoms with E-state index in [1.807, 2.05) is 22.4 Å². The summed E-state index contributed by atoms with van der Waals surface area (Å²) >= 11 is 1.60. The standard InChI is InChI=1S/C19H26N4O3S2/c1-12-19(13(2)22(3)20-12)28(25,26)21-18-14-6-7-15(18)11-23(10-14)17(24)9-16-5-4-8-27-16/h4-5,8,14-15,18,21H,6-7,9-11H2,1-3H3/t14-,15+,18?. The number of piperidine rings is 1. The van der Waals surface area contributed by atoms with Crippen LogP contribution >= 0.6 is 11.3 Å². The zero-order valence-electron chi connectivity index (χ0n) is 16.4. The third kappa shape index (κ3) is 3.51. The number of likely N-dealkylation sites (tertiary alicyclic amines) is 1. The zero-order valence-corrected chi connectivity index (χ0v) is 18.0. The molecule has 0 spiro atoms. The zero-order chi connectivity index (χ0) is 20.1. The summed E-state index contributed by atoms with van der Waals surface area (Å²) in [5.41, 5.74) is 1.16. The number of sulfonamides is 1. The molecule has 2 aromatic rings. The number of rotatable bonds is 5. The molecule has 0 radical (unpaired) electrons. The second kappa shape index (κ2) is 7.27. The Hall–Kier alpha value is -1.71. The van der Waals surface area contributed by atoms with Crippen LogP contribution in [0.1, 0.15) is 29.1 Å². The highest BCUT2D eigenvalue weighted by Crippen LogP contribution is 2.38. The fourth-order valence-corrected chi connectivity index (χ4v) is 7.18. The van der Waals surface area contributed by atoms with Gasteiger partial charge in [0, 0.05) is 31.1 Å². The number of amides is 1. The number of thiophene rings is 1. The van der Waals surface area contributed by atoms with E-state index in [0.717, 1.165) is 17.7 Å². The minimum atomic E-state index is -3.64. The van der Waals surface area contributed by atoms with E-state index < -0.39 is 10.0 Å². The lowest BCUT2D eigenvalue weighted by Gasteiger charge is -2.38. The third-order valence-corrected chi connectivity index (χ3v) is 8.68. The number of carbonyl (C=O) groups excluding carboxylic acids is 1. The van der Waals surface area contributed by atoms with Crippen molar-refractivity contribution in [1.29, 1.82) is 0 Å². The van der Waals surface area contributed by atoms with Gasteiger partial charge in [-0.25, -0.2) is 13.1 Å². The topological polar surface area (TPSA) is 84.3 Å². The van der Waals surface area contributed by atoms with Crippen molar-refractivity contribution >= 4 is 27.3 Å². The van der Waals surface area contributed by atoms with Crippen molar-refractivity contribution in [1.82, 2.24) is 19.4 Å². The molecule has 1 aliphatic carbocycles. The van der Waals surface area contributed by atoms with Crippen LogP contribution < -0.4 is 4.72 Å². The molecule has 3 heterocycles. The van der Waals surface area contributed by atoms with E-state index in [1.165, 1.54) is 0 Å². The number of hydrogen-bond donors (Lipinski definition) is 1. The van der Waals surface area contributed by atoms with E-state index >= 15 is 0 Å². The van der Waals surface area contributed by atoms with Gasteiger partial charge in [0.05, 0.1) is 17.8 Å². The van der Waals surface area contributed by atoms with Crippen LogP contribution in [0, 0.1) is 25.7 Å². The van der Waals surface area contributed by atoms with Gasteiger partial charge < -0.3 is 4.90 Å². The highest BCUT2D eigenvalue weighted by molar-refractivity contribution is 7.89. The maximum Gasteiger partial charge on any atom is 0.244 e. The molecule has 2 aliphatic rings. The third-order valence-electron chi connectivity index (χ3n) is 6.09. The maximum atomic E-state index is 13.1. The van der Waals surface area contributed by atoms with Gasteiger partial charge in [-0.1, -0.05) is 6.07 Å². The minimum Gasteiger partial charge on any atom is -0.342 e. The molecular weight excluding hydrogens is 396 g/mol. The fraction of sp³-hybridized carbons (Fsp3) is 0.579. The number of hydrogen-bond acceptors (Lipinski definition) is 5. The molecule has 1 aliphatic heterocycles. The molecular formula is C19H26N4O3S2. The number of aromatic nitrogens is 2. The first kappa shape index (κ1) is 19.6. The molecule has 1 amide bonds. The molecule has 4 rings (SSSR count). The van der Waals surface area contributed by atoms with Crippen molar-refractivity contribution in [2.75, 3.05) is 13.1 Å². The molecule has 0 aromatic carbocycles. The number of fused-ring (bicyclic) bond motifs is 2. The quantitative estimate of drug-likeness (QED) is 0.797. The predicted octanol–water partition coefficient (Wildman–Crippen LogP) is 1.86. The van der Waals surface area contributed by atoms with Gasteiger partial charge in [0.2, 0.25) is 15.9 Å². The smallest absolute Gasteiger partial charge is 0.244 e. The van der Waals surface area contributed by atoms with E-state index in [1.54, 1.807) is 36.9 Å². The van der Waals surface area contributed by atoms with Gasteiger partial charge in [-0.15, -0.1) is 11.3 Å². The molecule has 9 heteroatoms. The lowest BCUT2D eigenvalue weighted by atomic mass is 9.93. The summed E-state index contributed by atoms with van der Waals surface area (Å²) in [6.07, 6.45) is 2.33. The van der Waals surface area contributed by atoms with Gasteiger partial charge in [0.25, 0.3) is 0 Å². The van der Waals surface area contributed by atoms with Crippen molar-refractivity contribution in [2.45, 2.75) is 44.0 Å². The Bertz CT molecular complexity index is 967. The van der Waals surface area contributed by atoms with Gasteiger partial charge in [0.15, 0.2) is 0 Å². The molecule has 28 heavy (non-hydrogen) atoms. The second-order valence-corrected chi connectivity index (χ2v) is 10.6. The largest absolute Gasteiger partial charge is 0.342 e. The van der Waals surface area contributed by atoms with Crippen molar-refractivity contribution in [2.24, 2.45) is 18.9 Å². The number of nitrogens with one attached hydrogen (secondary N) is 1. The van der Waals surface area contributed by atoms with Crippen molar-refractivity contribution < 1.29 is 13.2 Å². The first-order valence-corrected chi connectivity index (χ1v) is 11.9. The predicted molar refractivity (Wildman–Crippen MR) is 108 cm³/mol.